The van der Waals surface area contributed by atoms with Gasteiger partial charge in [0.2, 0.25) is 0 Å². The number of aryl methyl sites for hydroxylation is 1. The molecule has 0 aliphatic carbocycles. The van der Waals surface area contributed by atoms with E-state index in [-0.39, 0.29) is 6.04 Å². The molecule has 0 saturated heterocycles. The van der Waals surface area contributed by atoms with E-state index in [1.54, 1.807) is 0 Å². The molecule has 2 rings (SSSR count). The predicted molar refractivity (Wildman–Crippen MR) is 76.4 cm³/mol. The first-order valence-electron chi connectivity index (χ1n) is 5.25. The zero-order valence-electron chi connectivity index (χ0n) is 9.15. The number of benzene rings is 2. The average Bonchev–Trinajstić information content (AvgIpc) is 2.29. The van der Waals surface area contributed by atoms with Gasteiger partial charge in [-0.15, -0.1) is 0 Å². The van der Waals surface area contributed by atoms with Crippen LogP contribution in [0.4, 0.5) is 0 Å². The number of hydrogen-bond donors (Lipinski definition) is 1. The second-order valence-electron chi connectivity index (χ2n) is 3.89. The van der Waals surface area contributed by atoms with Crippen molar-refractivity contribution in [3.63, 3.8) is 0 Å². The summed E-state index contributed by atoms with van der Waals surface area (Å²) in [4.78, 5) is 0. The summed E-state index contributed by atoms with van der Waals surface area (Å²) in [6, 6.07) is 16.6. The maximum atomic E-state index is 6.28. The maximum absolute atomic E-state index is 6.28. The van der Waals surface area contributed by atoms with Crippen LogP contribution in [-0.2, 0) is 0 Å². The fourth-order valence-corrected chi connectivity index (χ4v) is 2.38. The van der Waals surface area contributed by atoms with Crippen molar-refractivity contribution in [1.82, 2.24) is 0 Å². The van der Waals surface area contributed by atoms with Gasteiger partial charge in [0, 0.05) is 3.57 Å². The third-order valence-electron chi connectivity index (χ3n) is 2.73. The van der Waals surface area contributed by atoms with Crippen LogP contribution in [0.2, 0.25) is 0 Å². The molecule has 1 atom stereocenters. The normalized spacial score (nSPS) is 12.4. The third kappa shape index (κ3) is 2.44. The van der Waals surface area contributed by atoms with Crippen LogP contribution in [0.15, 0.2) is 48.5 Å². The van der Waals surface area contributed by atoms with E-state index in [4.69, 9.17) is 5.73 Å². The monoisotopic (exact) mass is 323 g/mol. The van der Waals surface area contributed by atoms with E-state index in [0.717, 1.165) is 0 Å². The van der Waals surface area contributed by atoms with Crippen LogP contribution >= 0.6 is 22.6 Å². The Morgan fingerprint density at radius 3 is 2.50 bits per heavy atom. The van der Waals surface area contributed by atoms with E-state index in [2.05, 4.69) is 65.9 Å². The molecule has 0 saturated carbocycles. The molecular weight excluding hydrogens is 309 g/mol. The summed E-state index contributed by atoms with van der Waals surface area (Å²) in [6.45, 7) is 2.10. The van der Waals surface area contributed by atoms with Crippen molar-refractivity contribution in [2.45, 2.75) is 13.0 Å². The first-order chi connectivity index (χ1) is 7.68. The molecule has 2 aromatic carbocycles. The lowest BCUT2D eigenvalue weighted by Crippen LogP contribution is -2.13. The minimum atomic E-state index is -0.0316. The fraction of sp³-hybridized carbons (Fsp3) is 0.143. The highest BCUT2D eigenvalue weighted by Gasteiger charge is 2.10. The van der Waals surface area contributed by atoms with Crippen LogP contribution in [0.25, 0.3) is 0 Å². The fourth-order valence-electron chi connectivity index (χ4n) is 1.82. The first kappa shape index (κ1) is 11.6. The van der Waals surface area contributed by atoms with Crippen molar-refractivity contribution in [1.29, 1.82) is 0 Å². The van der Waals surface area contributed by atoms with Crippen molar-refractivity contribution in [2.24, 2.45) is 5.73 Å². The van der Waals surface area contributed by atoms with Crippen molar-refractivity contribution < 1.29 is 0 Å². The largest absolute Gasteiger partial charge is 0.320 e. The van der Waals surface area contributed by atoms with Gasteiger partial charge in [0.1, 0.15) is 0 Å². The summed E-state index contributed by atoms with van der Waals surface area (Å²) in [5.41, 5.74) is 9.89. The Bertz CT molecular complexity index is 494. The maximum Gasteiger partial charge on any atom is 0.0554 e. The van der Waals surface area contributed by atoms with Crippen LogP contribution in [0, 0.1) is 10.5 Å². The molecule has 0 aromatic heterocycles. The van der Waals surface area contributed by atoms with Crippen molar-refractivity contribution >= 4 is 22.6 Å². The highest BCUT2D eigenvalue weighted by atomic mass is 127. The van der Waals surface area contributed by atoms with Crippen LogP contribution in [0.5, 0.6) is 0 Å². The second kappa shape index (κ2) is 4.97. The zero-order chi connectivity index (χ0) is 11.5. The molecule has 0 radical (unpaired) electrons. The average molecular weight is 323 g/mol. The second-order valence-corrected chi connectivity index (χ2v) is 5.13. The standard InChI is InChI=1S/C14H14IN/c1-10-5-2-3-8-13(10)14(16)11-6-4-7-12(15)9-11/h2-9,14H,16H2,1H3. The molecule has 16 heavy (non-hydrogen) atoms. The summed E-state index contributed by atoms with van der Waals surface area (Å²) >= 11 is 2.31. The van der Waals surface area contributed by atoms with Gasteiger partial charge in [-0.1, -0.05) is 36.4 Å². The molecule has 2 heteroatoms. The van der Waals surface area contributed by atoms with Crippen molar-refractivity contribution in [3.8, 4) is 0 Å². The summed E-state index contributed by atoms with van der Waals surface area (Å²) in [5.74, 6) is 0. The van der Waals surface area contributed by atoms with Crippen molar-refractivity contribution in [3.05, 3.63) is 68.8 Å². The van der Waals surface area contributed by atoms with Gasteiger partial charge in [-0.05, 0) is 58.3 Å². The summed E-state index contributed by atoms with van der Waals surface area (Å²) in [5, 5.41) is 0. The van der Waals surface area contributed by atoms with Gasteiger partial charge in [-0.2, -0.15) is 0 Å². The number of hydrogen-bond acceptors (Lipinski definition) is 1. The Morgan fingerprint density at radius 2 is 1.81 bits per heavy atom. The Hall–Kier alpha value is -0.870. The molecule has 2 aromatic rings. The third-order valence-corrected chi connectivity index (χ3v) is 3.40. The van der Waals surface area contributed by atoms with Gasteiger partial charge in [0.05, 0.1) is 6.04 Å². The van der Waals surface area contributed by atoms with E-state index in [0.29, 0.717) is 0 Å². The van der Waals surface area contributed by atoms with E-state index >= 15 is 0 Å². The lowest BCUT2D eigenvalue weighted by atomic mass is 9.96. The Balaban J connectivity index is 2.39. The first-order valence-corrected chi connectivity index (χ1v) is 6.33. The SMILES string of the molecule is Cc1ccccc1C(N)c1cccc(I)c1. The van der Waals surface area contributed by atoms with Crippen LogP contribution < -0.4 is 5.73 Å². The Kier molecular flexibility index (Phi) is 3.61. The van der Waals surface area contributed by atoms with Gasteiger partial charge < -0.3 is 5.73 Å². The number of halogens is 1. The molecule has 0 amide bonds. The van der Waals surface area contributed by atoms with E-state index in [9.17, 15) is 0 Å². The highest BCUT2D eigenvalue weighted by molar-refractivity contribution is 14.1. The lowest BCUT2D eigenvalue weighted by Gasteiger charge is -2.15. The summed E-state index contributed by atoms with van der Waals surface area (Å²) in [6.07, 6.45) is 0. The highest BCUT2D eigenvalue weighted by Crippen LogP contribution is 2.23. The zero-order valence-corrected chi connectivity index (χ0v) is 11.3. The van der Waals surface area contributed by atoms with Gasteiger partial charge in [-0.25, -0.2) is 0 Å². The smallest absolute Gasteiger partial charge is 0.0554 e. The molecule has 1 nitrogen and oxygen atoms in total. The summed E-state index contributed by atoms with van der Waals surface area (Å²) in [7, 11) is 0. The van der Waals surface area contributed by atoms with Crippen LogP contribution in [0.3, 0.4) is 0 Å². The molecule has 0 spiro atoms. The lowest BCUT2D eigenvalue weighted by molar-refractivity contribution is 0.861. The topological polar surface area (TPSA) is 26.0 Å². The molecule has 82 valence electrons. The molecule has 0 fully saturated rings. The molecule has 0 heterocycles. The molecule has 0 bridgehead atoms. The molecule has 2 N–H and O–H groups in total. The Labute approximate surface area is 110 Å². The number of rotatable bonds is 2. The molecule has 0 aliphatic heterocycles. The molecular formula is C14H14IN. The minimum Gasteiger partial charge on any atom is -0.320 e. The van der Waals surface area contributed by atoms with Gasteiger partial charge >= 0.3 is 0 Å². The minimum absolute atomic E-state index is 0.0316. The van der Waals surface area contributed by atoms with Gasteiger partial charge in [0.15, 0.2) is 0 Å². The number of nitrogens with two attached hydrogens (primary N) is 1. The van der Waals surface area contributed by atoms with E-state index < -0.39 is 0 Å². The van der Waals surface area contributed by atoms with Crippen molar-refractivity contribution in [2.75, 3.05) is 0 Å². The molecule has 0 aliphatic rings. The predicted octanol–water partition coefficient (Wildman–Crippen LogP) is 3.65. The van der Waals surface area contributed by atoms with E-state index in [1.807, 2.05) is 12.1 Å². The van der Waals surface area contributed by atoms with Gasteiger partial charge in [0.25, 0.3) is 0 Å². The Morgan fingerprint density at radius 1 is 1.06 bits per heavy atom. The summed E-state index contributed by atoms with van der Waals surface area (Å²) < 4.78 is 1.22. The van der Waals surface area contributed by atoms with Crippen LogP contribution in [-0.4, -0.2) is 0 Å². The molecule has 1 unspecified atom stereocenters. The quantitative estimate of drug-likeness (QED) is 0.839. The van der Waals surface area contributed by atoms with Gasteiger partial charge in [-0.3, -0.25) is 0 Å². The van der Waals surface area contributed by atoms with Crippen LogP contribution in [0.1, 0.15) is 22.7 Å². The van der Waals surface area contributed by atoms with E-state index in [1.165, 1.54) is 20.3 Å².